The van der Waals surface area contributed by atoms with E-state index in [1.165, 1.54) is 28.6 Å². The number of benzene rings is 3. The lowest BCUT2D eigenvalue weighted by Crippen LogP contribution is -2.51. The summed E-state index contributed by atoms with van der Waals surface area (Å²) in [5, 5.41) is 3.29. The Bertz CT molecular complexity index is 1170. The Kier molecular flexibility index (Phi) is 6.15. The summed E-state index contributed by atoms with van der Waals surface area (Å²) in [6, 6.07) is 22.5. The van der Waals surface area contributed by atoms with E-state index in [1.807, 2.05) is 30.3 Å². The molecule has 3 aromatic carbocycles. The van der Waals surface area contributed by atoms with Crippen LogP contribution >= 0.6 is 11.6 Å². The number of sulfonamides is 1. The van der Waals surface area contributed by atoms with Crippen LogP contribution in [0.15, 0.2) is 83.8 Å². The topological polar surface area (TPSA) is 75.7 Å². The van der Waals surface area contributed by atoms with Gasteiger partial charge in [-0.15, -0.1) is 0 Å². The fraction of sp³-hybridized carbons (Fsp3) is 0.174. The number of carbonyl (C=O) groups is 1. The van der Waals surface area contributed by atoms with E-state index >= 15 is 0 Å². The predicted molar refractivity (Wildman–Crippen MR) is 120 cm³/mol. The molecule has 1 N–H and O–H groups in total. The second-order valence-electron chi connectivity index (χ2n) is 7.09. The predicted octanol–water partition coefficient (Wildman–Crippen LogP) is 3.66. The Labute approximate surface area is 186 Å². The van der Waals surface area contributed by atoms with Crippen molar-refractivity contribution in [2.24, 2.45) is 0 Å². The summed E-state index contributed by atoms with van der Waals surface area (Å²) in [4.78, 5) is 12.9. The highest BCUT2D eigenvalue weighted by molar-refractivity contribution is 7.92. The third-order valence-corrected chi connectivity index (χ3v) is 7.03. The van der Waals surface area contributed by atoms with Crippen molar-refractivity contribution in [3.05, 3.63) is 89.4 Å². The number of carbonyl (C=O) groups excluding carboxylic acids is 1. The van der Waals surface area contributed by atoms with E-state index in [0.29, 0.717) is 29.4 Å². The molecule has 0 aromatic heterocycles. The van der Waals surface area contributed by atoms with Gasteiger partial charge in [0.1, 0.15) is 5.75 Å². The summed E-state index contributed by atoms with van der Waals surface area (Å²) < 4.78 is 33.7. The lowest BCUT2D eigenvalue weighted by molar-refractivity contribution is -0.127. The van der Waals surface area contributed by atoms with E-state index in [1.54, 1.807) is 24.3 Å². The van der Waals surface area contributed by atoms with Gasteiger partial charge < -0.3 is 10.1 Å². The summed E-state index contributed by atoms with van der Waals surface area (Å²) >= 11 is 5.90. The van der Waals surface area contributed by atoms with Gasteiger partial charge in [0.05, 0.1) is 17.1 Å². The van der Waals surface area contributed by atoms with E-state index in [-0.39, 0.29) is 17.3 Å². The summed E-state index contributed by atoms with van der Waals surface area (Å²) in [6.07, 6.45) is -0.296. The van der Waals surface area contributed by atoms with Crippen LogP contribution in [0, 0.1) is 0 Å². The molecule has 0 fully saturated rings. The van der Waals surface area contributed by atoms with E-state index in [0.717, 1.165) is 5.56 Å². The zero-order valence-electron chi connectivity index (χ0n) is 16.6. The lowest BCUT2D eigenvalue weighted by atomic mass is 10.1. The van der Waals surface area contributed by atoms with Gasteiger partial charge in [0.25, 0.3) is 15.9 Å². The third kappa shape index (κ3) is 4.68. The van der Waals surface area contributed by atoms with Crippen LogP contribution < -0.4 is 14.4 Å². The fourth-order valence-electron chi connectivity index (χ4n) is 3.39. The van der Waals surface area contributed by atoms with Crippen LogP contribution in [0.25, 0.3) is 0 Å². The molecule has 0 radical (unpaired) electrons. The van der Waals surface area contributed by atoms with E-state index in [4.69, 9.17) is 16.3 Å². The molecule has 0 bridgehead atoms. The number of anilines is 1. The Hall–Kier alpha value is -3.03. The number of nitrogens with one attached hydrogen (secondary N) is 1. The average molecular weight is 457 g/mol. The summed E-state index contributed by atoms with van der Waals surface area (Å²) in [5.74, 6) is -0.0174. The van der Waals surface area contributed by atoms with Gasteiger partial charge in [-0.25, -0.2) is 8.42 Å². The van der Waals surface area contributed by atoms with E-state index in [9.17, 15) is 13.2 Å². The minimum absolute atomic E-state index is 0.0943. The molecule has 1 aliphatic heterocycles. The number of para-hydroxylation sites is 2. The first-order valence-electron chi connectivity index (χ1n) is 9.81. The Morgan fingerprint density at radius 1 is 1.00 bits per heavy atom. The minimum atomic E-state index is -3.91. The average Bonchev–Trinajstić information content (AvgIpc) is 2.79. The molecule has 160 valence electrons. The molecule has 3 aromatic rings. The second-order valence-corrected chi connectivity index (χ2v) is 9.39. The Morgan fingerprint density at radius 2 is 1.68 bits per heavy atom. The maximum atomic E-state index is 13.3. The summed E-state index contributed by atoms with van der Waals surface area (Å²) in [5.41, 5.74) is 1.50. The Morgan fingerprint density at radius 3 is 2.42 bits per heavy atom. The fourth-order valence-corrected chi connectivity index (χ4v) is 4.99. The first kappa shape index (κ1) is 21.2. The summed E-state index contributed by atoms with van der Waals surface area (Å²) in [7, 11) is -3.91. The maximum Gasteiger partial charge on any atom is 0.264 e. The van der Waals surface area contributed by atoms with Crippen molar-refractivity contribution in [2.45, 2.75) is 17.4 Å². The van der Waals surface area contributed by atoms with Crippen LogP contribution in [-0.4, -0.2) is 33.5 Å². The largest absolute Gasteiger partial charge is 0.476 e. The number of hydrogen-bond acceptors (Lipinski definition) is 4. The number of hydrogen-bond donors (Lipinski definition) is 1. The molecule has 0 unspecified atom stereocenters. The van der Waals surface area contributed by atoms with Gasteiger partial charge >= 0.3 is 0 Å². The molecular weight excluding hydrogens is 436 g/mol. The number of ether oxygens (including phenoxy) is 1. The molecule has 1 atom stereocenters. The highest BCUT2D eigenvalue weighted by atomic mass is 35.5. The molecular formula is C23H21ClN2O4S. The monoisotopic (exact) mass is 456 g/mol. The van der Waals surface area contributed by atoms with Crippen LogP contribution in [0.3, 0.4) is 0 Å². The highest BCUT2D eigenvalue weighted by Crippen LogP contribution is 2.36. The first-order chi connectivity index (χ1) is 14.9. The minimum Gasteiger partial charge on any atom is -0.476 e. The smallest absolute Gasteiger partial charge is 0.264 e. The van der Waals surface area contributed by atoms with Crippen LogP contribution in [0.2, 0.25) is 5.02 Å². The molecule has 0 aliphatic carbocycles. The molecule has 0 saturated heterocycles. The number of rotatable bonds is 6. The first-order valence-corrected chi connectivity index (χ1v) is 11.6. The van der Waals surface area contributed by atoms with Crippen molar-refractivity contribution in [3.63, 3.8) is 0 Å². The van der Waals surface area contributed by atoms with Crippen LogP contribution in [0.1, 0.15) is 5.56 Å². The number of nitrogens with zero attached hydrogens (tertiary/aromatic N) is 1. The van der Waals surface area contributed by atoms with Crippen molar-refractivity contribution in [2.75, 3.05) is 17.4 Å². The van der Waals surface area contributed by atoms with Gasteiger partial charge in [0.2, 0.25) is 0 Å². The number of amides is 1. The maximum absolute atomic E-state index is 13.3. The second kappa shape index (κ2) is 8.99. The van der Waals surface area contributed by atoms with Gasteiger partial charge in [0, 0.05) is 11.6 Å². The molecule has 4 rings (SSSR count). The van der Waals surface area contributed by atoms with Crippen LogP contribution in [0.5, 0.6) is 5.75 Å². The SMILES string of the molecule is O=C(NCCc1ccccc1)[C@H]1CN(S(=O)(=O)c2ccc(Cl)cc2)c2ccccc2O1. The number of fused-ring (bicyclic) bond motifs is 1. The molecule has 8 heteroatoms. The third-order valence-electron chi connectivity index (χ3n) is 4.98. The van der Waals surface area contributed by atoms with Crippen LogP contribution in [-0.2, 0) is 21.2 Å². The normalized spacial score (nSPS) is 15.6. The molecule has 1 aliphatic rings. The number of halogens is 1. The molecule has 0 spiro atoms. The van der Waals surface area contributed by atoms with Gasteiger partial charge in [-0.3, -0.25) is 9.10 Å². The standard InChI is InChI=1S/C23H21ClN2O4S/c24-18-10-12-19(13-11-18)31(28,29)26-16-22(30-21-9-5-4-8-20(21)26)23(27)25-15-14-17-6-2-1-3-7-17/h1-13,22H,14-16H2,(H,25,27)/t22-/m1/s1. The van der Waals surface area contributed by atoms with Crippen molar-refractivity contribution in [3.8, 4) is 5.75 Å². The van der Waals surface area contributed by atoms with Gasteiger partial charge in [-0.2, -0.15) is 0 Å². The van der Waals surface area contributed by atoms with E-state index in [2.05, 4.69) is 5.32 Å². The molecule has 1 heterocycles. The molecule has 31 heavy (non-hydrogen) atoms. The van der Waals surface area contributed by atoms with Gasteiger partial charge in [-0.1, -0.05) is 54.1 Å². The Balaban J connectivity index is 1.54. The van der Waals surface area contributed by atoms with Gasteiger partial charge in [-0.05, 0) is 48.4 Å². The quantitative estimate of drug-likeness (QED) is 0.614. The zero-order chi connectivity index (χ0) is 21.8. The molecule has 6 nitrogen and oxygen atoms in total. The van der Waals surface area contributed by atoms with Gasteiger partial charge in [0.15, 0.2) is 6.10 Å². The lowest BCUT2D eigenvalue weighted by Gasteiger charge is -2.34. The van der Waals surface area contributed by atoms with Crippen molar-refractivity contribution in [1.82, 2.24) is 5.32 Å². The van der Waals surface area contributed by atoms with E-state index < -0.39 is 16.1 Å². The van der Waals surface area contributed by atoms with Crippen molar-refractivity contribution in [1.29, 1.82) is 0 Å². The van der Waals surface area contributed by atoms with Crippen LogP contribution in [0.4, 0.5) is 5.69 Å². The zero-order valence-corrected chi connectivity index (χ0v) is 18.1. The molecule has 0 saturated carbocycles. The highest BCUT2D eigenvalue weighted by Gasteiger charge is 2.37. The van der Waals surface area contributed by atoms with Crippen molar-refractivity contribution < 1.29 is 17.9 Å². The summed E-state index contributed by atoms with van der Waals surface area (Å²) in [6.45, 7) is 0.299. The van der Waals surface area contributed by atoms with Crippen molar-refractivity contribution >= 4 is 33.2 Å². The molecule has 1 amide bonds.